The fourth-order valence-electron chi connectivity index (χ4n) is 2.08. The molecule has 0 amide bonds. The number of nitrogens with zero attached hydrogens (tertiary/aromatic N) is 2. The fourth-order valence-corrected chi connectivity index (χ4v) is 4.33. The van der Waals surface area contributed by atoms with Crippen LogP contribution in [0.3, 0.4) is 0 Å². The summed E-state index contributed by atoms with van der Waals surface area (Å²) in [7, 11) is 0. The number of esters is 1. The van der Waals surface area contributed by atoms with E-state index in [1.165, 1.54) is 47.4 Å². The largest absolute Gasteiger partial charge is 0.462 e. The van der Waals surface area contributed by atoms with Crippen LogP contribution in [-0.2, 0) is 4.74 Å². The van der Waals surface area contributed by atoms with Gasteiger partial charge in [-0.25, -0.2) is 4.79 Å². The van der Waals surface area contributed by atoms with Gasteiger partial charge < -0.3 is 10.1 Å². The Bertz CT molecular complexity index is 841. The van der Waals surface area contributed by atoms with Crippen LogP contribution in [0, 0.1) is 21.4 Å². The molecule has 0 aliphatic rings. The number of nitrogens with one attached hydrogen (secondary N) is 1. The van der Waals surface area contributed by atoms with E-state index in [4.69, 9.17) is 4.74 Å². The fraction of sp³-hybridized carbons (Fsp3) is 0.294. The Morgan fingerprint density at radius 2 is 2.08 bits per heavy atom. The quantitative estimate of drug-likeness (QED) is 0.294. The number of anilines is 2. The molecule has 0 fully saturated rings. The molecule has 1 aromatic carbocycles. The molecule has 1 aromatic heterocycles. The Morgan fingerprint density at radius 1 is 1.38 bits per heavy atom. The Morgan fingerprint density at radius 3 is 2.62 bits per heavy atom. The maximum absolute atomic E-state index is 12.3. The number of hydrogen-bond donors (Lipinski definition) is 1. The zero-order chi connectivity index (χ0) is 19.1. The topological polar surface area (TPSA) is 105 Å². The second kappa shape index (κ2) is 9.22. The standard InChI is InChI=1S/C17H17N3O4S2/c1-3-9-25-17-13(10-18)14(15(26-17)16(21)24-4-2)19-11-5-7-12(8-6-11)20(22)23/h5-8,19H,3-4,9H2,1-2H3. The van der Waals surface area contributed by atoms with Gasteiger partial charge in [0.2, 0.25) is 0 Å². The van der Waals surface area contributed by atoms with Crippen LogP contribution in [0.25, 0.3) is 0 Å². The molecule has 0 saturated heterocycles. The third-order valence-electron chi connectivity index (χ3n) is 3.23. The van der Waals surface area contributed by atoms with Crippen molar-refractivity contribution in [1.82, 2.24) is 0 Å². The zero-order valence-corrected chi connectivity index (χ0v) is 15.9. The average molecular weight is 391 g/mol. The number of ether oxygens (including phenoxy) is 1. The molecule has 9 heteroatoms. The molecule has 7 nitrogen and oxygen atoms in total. The van der Waals surface area contributed by atoms with Crippen LogP contribution >= 0.6 is 23.1 Å². The van der Waals surface area contributed by atoms with Gasteiger partial charge in [-0.05, 0) is 31.2 Å². The first-order valence-corrected chi connectivity index (χ1v) is 9.70. The van der Waals surface area contributed by atoms with Crippen LogP contribution < -0.4 is 5.32 Å². The first-order chi connectivity index (χ1) is 12.5. The number of carbonyl (C=O) groups is 1. The highest BCUT2D eigenvalue weighted by Gasteiger charge is 2.24. The molecule has 0 unspecified atom stereocenters. The van der Waals surface area contributed by atoms with Gasteiger partial charge in [-0.3, -0.25) is 10.1 Å². The second-order valence-electron chi connectivity index (χ2n) is 5.08. The lowest BCUT2D eigenvalue weighted by atomic mass is 10.2. The third-order valence-corrected chi connectivity index (χ3v) is 5.88. The van der Waals surface area contributed by atoms with Gasteiger partial charge in [0.05, 0.1) is 21.4 Å². The van der Waals surface area contributed by atoms with Crippen molar-refractivity contribution in [3.8, 4) is 6.07 Å². The van der Waals surface area contributed by atoms with E-state index in [0.29, 0.717) is 21.8 Å². The van der Waals surface area contributed by atoms with Crippen molar-refractivity contribution < 1.29 is 14.5 Å². The van der Waals surface area contributed by atoms with E-state index in [1.54, 1.807) is 6.92 Å². The Balaban J connectivity index is 2.43. The van der Waals surface area contributed by atoms with E-state index in [2.05, 4.69) is 11.4 Å². The zero-order valence-electron chi connectivity index (χ0n) is 14.3. The summed E-state index contributed by atoms with van der Waals surface area (Å²) in [4.78, 5) is 22.9. The van der Waals surface area contributed by atoms with E-state index in [0.717, 1.165) is 16.4 Å². The number of nitro groups is 1. The minimum absolute atomic E-state index is 0.0359. The van der Waals surface area contributed by atoms with Crippen molar-refractivity contribution in [3.05, 3.63) is 44.8 Å². The van der Waals surface area contributed by atoms with Crippen molar-refractivity contribution in [2.45, 2.75) is 24.5 Å². The molecular formula is C17H17N3O4S2. The molecule has 0 atom stereocenters. The van der Waals surface area contributed by atoms with Gasteiger partial charge in [-0.15, -0.1) is 23.1 Å². The lowest BCUT2D eigenvalue weighted by Gasteiger charge is -2.08. The molecule has 26 heavy (non-hydrogen) atoms. The van der Waals surface area contributed by atoms with Gasteiger partial charge in [0.25, 0.3) is 5.69 Å². The minimum Gasteiger partial charge on any atom is -0.462 e. The predicted octanol–water partition coefficient (Wildman–Crippen LogP) is 4.95. The molecule has 1 N–H and O–H groups in total. The maximum Gasteiger partial charge on any atom is 0.350 e. The molecule has 0 bridgehead atoms. The van der Waals surface area contributed by atoms with Crippen molar-refractivity contribution in [2.24, 2.45) is 0 Å². The van der Waals surface area contributed by atoms with Crippen molar-refractivity contribution >= 4 is 46.1 Å². The number of benzene rings is 1. The highest BCUT2D eigenvalue weighted by atomic mass is 32.2. The van der Waals surface area contributed by atoms with Crippen LogP contribution in [0.4, 0.5) is 17.1 Å². The summed E-state index contributed by atoms with van der Waals surface area (Å²) < 4.78 is 5.85. The smallest absolute Gasteiger partial charge is 0.350 e. The summed E-state index contributed by atoms with van der Waals surface area (Å²) in [6.07, 6.45) is 0.938. The number of hydrogen-bond acceptors (Lipinski definition) is 8. The van der Waals surface area contributed by atoms with Crippen LogP contribution in [-0.4, -0.2) is 23.3 Å². The molecule has 0 spiro atoms. The molecule has 1 heterocycles. The molecule has 0 aliphatic heterocycles. The van der Waals surface area contributed by atoms with Crippen LogP contribution in [0.5, 0.6) is 0 Å². The van der Waals surface area contributed by atoms with Gasteiger partial charge in [-0.2, -0.15) is 5.26 Å². The summed E-state index contributed by atoms with van der Waals surface area (Å²) >= 11 is 2.74. The molecule has 136 valence electrons. The van der Waals surface area contributed by atoms with Crippen LogP contribution in [0.2, 0.25) is 0 Å². The van der Waals surface area contributed by atoms with Gasteiger partial charge >= 0.3 is 5.97 Å². The number of nitriles is 1. The van der Waals surface area contributed by atoms with Gasteiger partial charge in [0, 0.05) is 17.8 Å². The lowest BCUT2D eigenvalue weighted by Crippen LogP contribution is -2.05. The maximum atomic E-state index is 12.3. The number of thioether (sulfide) groups is 1. The number of carbonyl (C=O) groups excluding carboxylic acids is 1. The average Bonchev–Trinajstić information content (AvgIpc) is 2.98. The third kappa shape index (κ3) is 4.53. The van der Waals surface area contributed by atoms with Crippen LogP contribution in [0.15, 0.2) is 28.5 Å². The van der Waals surface area contributed by atoms with E-state index in [9.17, 15) is 20.2 Å². The van der Waals surface area contributed by atoms with Gasteiger partial charge in [0.1, 0.15) is 16.5 Å². The number of thiophene rings is 1. The number of nitro benzene ring substituents is 1. The van der Waals surface area contributed by atoms with E-state index in [-0.39, 0.29) is 12.3 Å². The SMILES string of the molecule is CCCSc1sc(C(=O)OCC)c(Nc2ccc([N+](=O)[O-])cc2)c1C#N. The minimum atomic E-state index is -0.498. The summed E-state index contributed by atoms with van der Waals surface area (Å²) in [6, 6.07) is 7.93. The Kier molecular flexibility index (Phi) is 7.00. The molecule has 2 aromatic rings. The van der Waals surface area contributed by atoms with Crippen molar-refractivity contribution in [3.63, 3.8) is 0 Å². The molecule has 0 aliphatic carbocycles. The number of non-ortho nitro benzene ring substituents is 1. The molecule has 2 rings (SSSR count). The van der Waals surface area contributed by atoms with Crippen molar-refractivity contribution in [2.75, 3.05) is 17.7 Å². The van der Waals surface area contributed by atoms with Crippen LogP contribution in [0.1, 0.15) is 35.5 Å². The number of rotatable bonds is 8. The predicted molar refractivity (Wildman–Crippen MR) is 102 cm³/mol. The monoisotopic (exact) mass is 391 g/mol. The van der Waals surface area contributed by atoms with E-state index in [1.807, 2.05) is 6.92 Å². The molecular weight excluding hydrogens is 374 g/mol. The van der Waals surface area contributed by atoms with E-state index >= 15 is 0 Å². The highest BCUT2D eigenvalue weighted by molar-refractivity contribution is 8.01. The first-order valence-electron chi connectivity index (χ1n) is 7.90. The first kappa shape index (κ1) is 19.8. The normalized spacial score (nSPS) is 10.2. The molecule has 0 saturated carbocycles. The van der Waals surface area contributed by atoms with Crippen molar-refractivity contribution in [1.29, 1.82) is 5.26 Å². The Labute approximate surface area is 159 Å². The summed E-state index contributed by atoms with van der Waals surface area (Å²) in [6.45, 7) is 3.98. The Hall–Kier alpha value is -2.57. The summed E-state index contributed by atoms with van der Waals surface area (Å²) in [5.41, 5.74) is 1.27. The summed E-state index contributed by atoms with van der Waals surface area (Å²) in [5.74, 6) is 0.329. The lowest BCUT2D eigenvalue weighted by molar-refractivity contribution is -0.384. The van der Waals surface area contributed by atoms with E-state index < -0.39 is 10.9 Å². The van der Waals surface area contributed by atoms with Gasteiger partial charge in [-0.1, -0.05) is 6.92 Å². The highest BCUT2D eigenvalue weighted by Crippen LogP contribution is 2.41. The molecule has 0 radical (unpaired) electrons. The summed E-state index contributed by atoms with van der Waals surface area (Å²) in [5, 5.41) is 23.4. The van der Waals surface area contributed by atoms with Gasteiger partial charge in [0.15, 0.2) is 0 Å². The second-order valence-corrected chi connectivity index (χ2v) is 7.46.